The molecule has 0 amide bonds. The van der Waals surface area contributed by atoms with E-state index in [1.165, 1.54) is 22.5 Å². The Morgan fingerprint density at radius 1 is 0.750 bits per heavy atom. The molecule has 0 bridgehead atoms. The lowest BCUT2D eigenvalue weighted by Crippen LogP contribution is -1.89. The zero-order valence-corrected chi connectivity index (χ0v) is 13.6. The van der Waals surface area contributed by atoms with E-state index in [-0.39, 0.29) is 0 Å². The Morgan fingerprint density at radius 2 is 1.42 bits per heavy atom. The van der Waals surface area contributed by atoms with Crippen LogP contribution in [0.4, 0.5) is 0 Å². The van der Waals surface area contributed by atoms with E-state index < -0.39 is 5.97 Å². The third kappa shape index (κ3) is 2.59. The molecule has 0 atom stereocenters. The van der Waals surface area contributed by atoms with Crippen LogP contribution in [0.5, 0.6) is 0 Å². The number of aromatic carboxylic acids is 1. The van der Waals surface area contributed by atoms with Crippen molar-refractivity contribution in [1.82, 2.24) is 0 Å². The zero-order valence-electron chi connectivity index (χ0n) is 12.8. The van der Waals surface area contributed by atoms with Crippen molar-refractivity contribution >= 4 is 27.4 Å². The predicted octanol–water partition coefficient (Wildman–Crippen LogP) is 5.93. The van der Waals surface area contributed by atoms with Gasteiger partial charge in [-0.05, 0) is 34.4 Å². The number of hydrogen-bond donors (Lipinski definition) is 1. The molecule has 2 nitrogen and oxygen atoms in total. The molecule has 116 valence electrons. The number of hydrogen-bond acceptors (Lipinski definition) is 2. The summed E-state index contributed by atoms with van der Waals surface area (Å²) in [6, 6.07) is 26.4. The van der Waals surface area contributed by atoms with Crippen molar-refractivity contribution in [1.29, 1.82) is 0 Å². The summed E-state index contributed by atoms with van der Waals surface area (Å²) < 4.78 is 0.997. The van der Waals surface area contributed by atoms with Crippen molar-refractivity contribution in [3.63, 3.8) is 0 Å². The molecule has 0 saturated heterocycles. The normalized spacial score (nSPS) is 10.8. The molecule has 1 aromatic heterocycles. The number of fused-ring (bicyclic) bond motifs is 1. The molecule has 1 heterocycles. The highest BCUT2D eigenvalue weighted by Crippen LogP contribution is 2.35. The average molecular weight is 330 g/mol. The minimum atomic E-state index is -0.874. The number of carboxylic acids is 1. The predicted molar refractivity (Wildman–Crippen MR) is 99.7 cm³/mol. The Labute approximate surface area is 143 Å². The Bertz CT molecular complexity index is 1010. The van der Waals surface area contributed by atoms with E-state index in [4.69, 9.17) is 0 Å². The largest absolute Gasteiger partial charge is 0.477 e. The zero-order chi connectivity index (χ0) is 16.5. The Hall–Kier alpha value is -2.91. The van der Waals surface area contributed by atoms with Crippen LogP contribution in [0.25, 0.3) is 32.3 Å². The van der Waals surface area contributed by atoms with Gasteiger partial charge in [0, 0.05) is 10.1 Å². The third-order valence-electron chi connectivity index (χ3n) is 4.08. The summed E-state index contributed by atoms with van der Waals surface area (Å²) in [5, 5.41) is 10.2. The Morgan fingerprint density at radius 3 is 2.12 bits per heavy atom. The van der Waals surface area contributed by atoms with Gasteiger partial charge in [-0.15, -0.1) is 11.3 Å². The van der Waals surface area contributed by atoms with Gasteiger partial charge in [0.2, 0.25) is 0 Å². The van der Waals surface area contributed by atoms with E-state index in [1.807, 2.05) is 36.4 Å². The van der Waals surface area contributed by atoms with E-state index in [1.54, 1.807) is 6.07 Å². The van der Waals surface area contributed by atoms with E-state index in [0.717, 1.165) is 21.2 Å². The first-order valence-corrected chi connectivity index (χ1v) is 8.46. The van der Waals surface area contributed by atoms with Crippen LogP contribution in [-0.2, 0) is 0 Å². The lowest BCUT2D eigenvalue weighted by atomic mass is 9.98. The van der Waals surface area contributed by atoms with Gasteiger partial charge in [0.25, 0.3) is 0 Å². The lowest BCUT2D eigenvalue weighted by molar-refractivity contribution is 0.0702. The van der Waals surface area contributed by atoms with Crippen molar-refractivity contribution in [2.45, 2.75) is 0 Å². The van der Waals surface area contributed by atoms with Crippen LogP contribution < -0.4 is 0 Å². The molecule has 0 radical (unpaired) electrons. The van der Waals surface area contributed by atoms with Gasteiger partial charge in [0.15, 0.2) is 0 Å². The molecule has 24 heavy (non-hydrogen) atoms. The van der Waals surface area contributed by atoms with Gasteiger partial charge in [0.05, 0.1) is 0 Å². The van der Waals surface area contributed by atoms with Gasteiger partial charge in [-0.25, -0.2) is 4.79 Å². The SMILES string of the molecule is O=C(O)c1cc2c(-c3ccc(-c4ccccc4)cc3)cccc2s1. The number of carboxylic acid groups (broad SMARTS) is 1. The highest BCUT2D eigenvalue weighted by atomic mass is 32.1. The smallest absolute Gasteiger partial charge is 0.345 e. The second kappa shape index (κ2) is 5.95. The summed E-state index contributed by atoms with van der Waals surface area (Å²) in [6.45, 7) is 0. The number of benzene rings is 3. The van der Waals surface area contributed by atoms with Crippen LogP contribution >= 0.6 is 11.3 Å². The summed E-state index contributed by atoms with van der Waals surface area (Å²) in [4.78, 5) is 11.6. The van der Waals surface area contributed by atoms with Crippen molar-refractivity contribution in [3.05, 3.63) is 83.7 Å². The summed E-state index contributed by atoms with van der Waals surface area (Å²) in [5.74, 6) is -0.874. The number of rotatable bonds is 3. The minimum Gasteiger partial charge on any atom is -0.477 e. The average Bonchev–Trinajstić information content (AvgIpc) is 3.07. The summed E-state index contributed by atoms with van der Waals surface area (Å²) >= 11 is 1.31. The monoisotopic (exact) mass is 330 g/mol. The molecule has 4 aromatic rings. The summed E-state index contributed by atoms with van der Waals surface area (Å²) in [6.07, 6.45) is 0. The first-order valence-electron chi connectivity index (χ1n) is 7.64. The molecule has 0 saturated carbocycles. The molecule has 0 spiro atoms. The van der Waals surface area contributed by atoms with E-state index >= 15 is 0 Å². The summed E-state index contributed by atoms with van der Waals surface area (Å²) in [5.41, 5.74) is 4.51. The highest BCUT2D eigenvalue weighted by Gasteiger charge is 2.12. The van der Waals surface area contributed by atoms with Gasteiger partial charge < -0.3 is 5.11 Å². The Balaban J connectivity index is 1.79. The van der Waals surface area contributed by atoms with Crippen molar-refractivity contribution < 1.29 is 9.90 Å². The van der Waals surface area contributed by atoms with Crippen molar-refractivity contribution in [2.75, 3.05) is 0 Å². The molecule has 4 rings (SSSR count). The first kappa shape index (κ1) is 14.7. The molecular formula is C21H14O2S. The molecule has 0 fully saturated rings. The molecule has 0 unspecified atom stereocenters. The van der Waals surface area contributed by atoms with Crippen molar-refractivity contribution in [3.8, 4) is 22.3 Å². The van der Waals surface area contributed by atoms with Crippen LogP contribution in [-0.4, -0.2) is 11.1 Å². The molecule has 3 aromatic carbocycles. The van der Waals surface area contributed by atoms with E-state index in [0.29, 0.717) is 4.88 Å². The second-order valence-corrected chi connectivity index (χ2v) is 6.66. The van der Waals surface area contributed by atoms with Crippen LogP contribution in [0, 0.1) is 0 Å². The molecule has 0 aliphatic heterocycles. The molecule has 3 heteroatoms. The fourth-order valence-corrected chi connectivity index (χ4v) is 3.82. The number of thiophene rings is 1. The van der Waals surface area contributed by atoms with E-state index in [2.05, 4.69) is 36.4 Å². The fourth-order valence-electron chi connectivity index (χ4n) is 2.89. The second-order valence-electron chi connectivity index (χ2n) is 5.58. The standard InChI is InChI=1S/C21H14O2S/c22-21(23)20-13-18-17(7-4-8-19(18)24-20)16-11-9-15(10-12-16)14-5-2-1-3-6-14/h1-13H,(H,22,23). The maximum absolute atomic E-state index is 11.2. The maximum Gasteiger partial charge on any atom is 0.345 e. The minimum absolute atomic E-state index is 0.373. The first-order chi connectivity index (χ1) is 11.7. The van der Waals surface area contributed by atoms with Gasteiger partial charge in [-0.3, -0.25) is 0 Å². The van der Waals surface area contributed by atoms with Crippen molar-refractivity contribution in [2.24, 2.45) is 0 Å². The van der Waals surface area contributed by atoms with Gasteiger partial charge >= 0.3 is 5.97 Å². The topological polar surface area (TPSA) is 37.3 Å². The lowest BCUT2D eigenvalue weighted by Gasteiger charge is -2.06. The highest BCUT2D eigenvalue weighted by molar-refractivity contribution is 7.20. The molecular weight excluding hydrogens is 316 g/mol. The Kier molecular flexibility index (Phi) is 3.63. The number of carbonyl (C=O) groups is 1. The van der Waals surface area contributed by atoms with Crippen LogP contribution in [0.1, 0.15) is 9.67 Å². The van der Waals surface area contributed by atoms with Crippen LogP contribution in [0.2, 0.25) is 0 Å². The van der Waals surface area contributed by atoms with Gasteiger partial charge in [0.1, 0.15) is 4.88 Å². The third-order valence-corrected chi connectivity index (χ3v) is 5.16. The summed E-state index contributed by atoms with van der Waals surface area (Å²) in [7, 11) is 0. The van der Waals surface area contributed by atoms with Crippen LogP contribution in [0.15, 0.2) is 78.9 Å². The maximum atomic E-state index is 11.2. The molecule has 0 aliphatic carbocycles. The quantitative estimate of drug-likeness (QED) is 0.505. The fraction of sp³-hybridized carbons (Fsp3) is 0. The van der Waals surface area contributed by atoms with Gasteiger partial charge in [-0.1, -0.05) is 66.7 Å². The molecule has 0 aliphatic rings. The molecule has 1 N–H and O–H groups in total. The van der Waals surface area contributed by atoms with Gasteiger partial charge in [-0.2, -0.15) is 0 Å². The van der Waals surface area contributed by atoms with Crippen LogP contribution in [0.3, 0.4) is 0 Å². The van der Waals surface area contributed by atoms with E-state index in [9.17, 15) is 9.90 Å².